The second kappa shape index (κ2) is 4.41. The Labute approximate surface area is 81.9 Å². The zero-order valence-corrected chi connectivity index (χ0v) is 8.03. The van der Waals surface area contributed by atoms with Crippen LogP contribution in [0.4, 0.5) is 5.69 Å². The quantitative estimate of drug-likeness (QED) is 0.581. The lowest BCUT2D eigenvalue weighted by Crippen LogP contribution is -2.00. The third-order valence-electron chi connectivity index (χ3n) is 1.82. The van der Waals surface area contributed by atoms with Gasteiger partial charge >= 0.3 is 0 Å². The number of amides is 1. The molecule has 0 saturated heterocycles. The molecule has 1 amide bonds. The van der Waals surface area contributed by atoms with Crippen molar-refractivity contribution in [3.63, 3.8) is 0 Å². The molecule has 4 heteroatoms. The van der Waals surface area contributed by atoms with Gasteiger partial charge < -0.3 is 10.1 Å². The van der Waals surface area contributed by atoms with E-state index in [0.29, 0.717) is 23.4 Å². The molecule has 0 saturated carbocycles. The monoisotopic (exact) mass is 193 g/mol. The molecule has 4 nitrogen and oxygen atoms in total. The SMILES string of the molecule is COc1ccc(C(C)=O)cc1NC=O. The number of benzene rings is 1. The van der Waals surface area contributed by atoms with Crippen LogP contribution in [0.2, 0.25) is 0 Å². The standard InChI is InChI=1S/C10H11NO3/c1-7(13)8-3-4-10(14-2)9(5-8)11-6-12/h3-6H,1-2H3,(H,11,12). The number of ketones is 1. The van der Waals surface area contributed by atoms with E-state index in [1.165, 1.54) is 14.0 Å². The number of anilines is 1. The van der Waals surface area contributed by atoms with Crippen molar-refractivity contribution in [2.45, 2.75) is 6.92 Å². The molecule has 0 unspecified atom stereocenters. The van der Waals surface area contributed by atoms with Gasteiger partial charge in [-0.05, 0) is 25.1 Å². The van der Waals surface area contributed by atoms with Gasteiger partial charge in [-0.1, -0.05) is 0 Å². The normalized spacial score (nSPS) is 9.29. The van der Waals surface area contributed by atoms with Crippen molar-refractivity contribution in [2.75, 3.05) is 12.4 Å². The van der Waals surface area contributed by atoms with Gasteiger partial charge in [-0.25, -0.2) is 0 Å². The average molecular weight is 193 g/mol. The molecule has 0 aliphatic carbocycles. The van der Waals surface area contributed by atoms with Gasteiger partial charge in [0.05, 0.1) is 12.8 Å². The van der Waals surface area contributed by atoms with Crippen LogP contribution in [-0.4, -0.2) is 19.3 Å². The number of carbonyl (C=O) groups is 2. The third-order valence-corrected chi connectivity index (χ3v) is 1.82. The number of methoxy groups -OCH3 is 1. The molecule has 0 radical (unpaired) electrons. The topological polar surface area (TPSA) is 55.4 Å². The van der Waals surface area contributed by atoms with Crippen LogP contribution in [0.5, 0.6) is 5.75 Å². The van der Waals surface area contributed by atoms with E-state index < -0.39 is 0 Å². The number of ether oxygens (including phenoxy) is 1. The summed E-state index contributed by atoms with van der Waals surface area (Å²) < 4.78 is 5.00. The fourth-order valence-electron chi connectivity index (χ4n) is 1.10. The van der Waals surface area contributed by atoms with Crippen molar-refractivity contribution in [1.29, 1.82) is 0 Å². The summed E-state index contributed by atoms with van der Waals surface area (Å²) in [4.78, 5) is 21.3. The van der Waals surface area contributed by atoms with Crippen LogP contribution in [0, 0.1) is 0 Å². The van der Waals surface area contributed by atoms with Crippen LogP contribution in [-0.2, 0) is 4.79 Å². The molecular weight excluding hydrogens is 182 g/mol. The highest BCUT2D eigenvalue weighted by atomic mass is 16.5. The van der Waals surface area contributed by atoms with Crippen LogP contribution in [0.15, 0.2) is 18.2 Å². The number of nitrogens with one attached hydrogen (secondary N) is 1. The zero-order chi connectivity index (χ0) is 10.6. The first-order valence-electron chi connectivity index (χ1n) is 4.08. The number of hydrogen-bond acceptors (Lipinski definition) is 3. The summed E-state index contributed by atoms with van der Waals surface area (Å²) in [6.07, 6.45) is 0.543. The summed E-state index contributed by atoms with van der Waals surface area (Å²) in [6.45, 7) is 1.46. The van der Waals surface area contributed by atoms with E-state index in [1.54, 1.807) is 18.2 Å². The molecule has 1 rings (SSSR count). The summed E-state index contributed by atoms with van der Waals surface area (Å²) in [6, 6.07) is 4.87. The second-order valence-corrected chi connectivity index (χ2v) is 2.73. The molecule has 0 fully saturated rings. The van der Waals surface area contributed by atoms with Gasteiger partial charge in [0.15, 0.2) is 5.78 Å². The molecule has 0 heterocycles. The number of Topliss-reactive ketones (excluding diaryl/α,β-unsaturated/α-hetero) is 1. The fourth-order valence-corrected chi connectivity index (χ4v) is 1.10. The van der Waals surface area contributed by atoms with Gasteiger partial charge in [-0.15, -0.1) is 0 Å². The largest absolute Gasteiger partial charge is 0.495 e. The second-order valence-electron chi connectivity index (χ2n) is 2.73. The Kier molecular flexibility index (Phi) is 3.23. The van der Waals surface area contributed by atoms with Crippen molar-refractivity contribution in [1.82, 2.24) is 0 Å². The van der Waals surface area contributed by atoms with Gasteiger partial charge in [-0.3, -0.25) is 9.59 Å². The van der Waals surface area contributed by atoms with Gasteiger partial charge in [0, 0.05) is 5.56 Å². The molecule has 1 N–H and O–H groups in total. The lowest BCUT2D eigenvalue weighted by atomic mass is 10.1. The highest BCUT2D eigenvalue weighted by Gasteiger charge is 2.05. The van der Waals surface area contributed by atoms with Crippen molar-refractivity contribution in [3.05, 3.63) is 23.8 Å². The maximum atomic E-state index is 11.0. The Bertz CT molecular complexity index is 360. The molecule has 0 bridgehead atoms. The zero-order valence-electron chi connectivity index (χ0n) is 8.03. The third kappa shape index (κ3) is 2.10. The maximum absolute atomic E-state index is 11.0. The van der Waals surface area contributed by atoms with Crippen LogP contribution in [0.25, 0.3) is 0 Å². The molecule has 1 aromatic carbocycles. The molecule has 14 heavy (non-hydrogen) atoms. The van der Waals surface area contributed by atoms with Gasteiger partial charge in [0.25, 0.3) is 0 Å². The Balaban J connectivity index is 3.13. The molecule has 0 aliphatic heterocycles. The highest BCUT2D eigenvalue weighted by Crippen LogP contribution is 2.24. The van der Waals surface area contributed by atoms with E-state index in [2.05, 4.69) is 5.32 Å². The van der Waals surface area contributed by atoms with Crippen LogP contribution >= 0.6 is 0 Å². The number of hydrogen-bond donors (Lipinski definition) is 1. The minimum Gasteiger partial charge on any atom is -0.495 e. The molecule has 0 aromatic heterocycles. The lowest BCUT2D eigenvalue weighted by molar-refractivity contribution is -0.105. The van der Waals surface area contributed by atoms with Crippen molar-refractivity contribution >= 4 is 17.9 Å². The van der Waals surface area contributed by atoms with Crippen molar-refractivity contribution in [2.24, 2.45) is 0 Å². The summed E-state index contributed by atoms with van der Waals surface area (Å²) in [5.41, 5.74) is 1.03. The maximum Gasteiger partial charge on any atom is 0.211 e. The van der Waals surface area contributed by atoms with Gasteiger partial charge in [-0.2, -0.15) is 0 Å². The first-order valence-corrected chi connectivity index (χ1v) is 4.08. The van der Waals surface area contributed by atoms with E-state index in [0.717, 1.165) is 0 Å². The summed E-state index contributed by atoms with van der Waals surface area (Å²) in [5.74, 6) is 0.476. The molecule has 0 spiro atoms. The Morgan fingerprint density at radius 2 is 2.21 bits per heavy atom. The smallest absolute Gasteiger partial charge is 0.211 e. The van der Waals surface area contributed by atoms with E-state index in [9.17, 15) is 9.59 Å². The Hall–Kier alpha value is -1.84. The van der Waals surface area contributed by atoms with Crippen LogP contribution < -0.4 is 10.1 Å². The predicted octanol–water partition coefficient (Wildman–Crippen LogP) is 1.47. The van der Waals surface area contributed by atoms with E-state index >= 15 is 0 Å². The summed E-state index contributed by atoms with van der Waals surface area (Å²) in [5, 5.41) is 2.46. The summed E-state index contributed by atoms with van der Waals surface area (Å²) >= 11 is 0. The first kappa shape index (κ1) is 10.2. The minimum absolute atomic E-state index is 0.0541. The van der Waals surface area contributed by atoms with Gasteiger partial charge in [0.2, 0.25) is 6.41 Å². The van der Waals surface area contributed by atoms with E-state index in [-0.39, 0.29) is 5.78 Å². The highest BCUT2D eigenvalue weighted by molar-refractivity contribution is 5.96. The van der Waals surface area contributed by atoms with Gasteiger partial charge in [0.1, 0.15) is 5.75 Å². The van der Waals surface area contributed by atoms with E-state index in [1.807, 2.05) is 0 Å². The van der Waals surface area contributed by atoms with E-state index in [4.69, 9.17) is 4.74 Å². The van der Waals surface area contributed by atoms with Crippen molar-refractivity contribution in [3.8, 4) is 5.75 Å². The fraction of sp³-hybridized carbons (Fsp3) is 0.200. The predicted molar refractivity (Wildman–Crippen MR) is 52.7 cm³/mol. The molecule has 1 aromatic rings. The molecule has 74 valence electrons. The average Bonchev–Trinajstić information content (AvgIpc) is 2.18. The molecule has 0 aliphatic rings. The number of carbonyl (C=O) groups excluding carboxylic acids is 2. The number of rotatable bonds is 4. The summed E-state index contributed by atoms with van der Waals surface area (Å²) in [7, 11) is 1.50. The minimum atomic E-state index is -0.0541. The first-order chi connectivity index (χ1) is 6.69. The van der Waals surface area contributed by atoms with Crippen LogP contribution in [0.3, 0.4) is 0 Å². The molecule has 0 atom stereocenters. The Morgan fingerprint density at radius 3 is 2.71 bits per heavy atom. The molecular formula is C10H11NO3. The lowest BCUT2D eigenvalue weighted by Gasteiger charge is -2.07. The van der Waals surface area contributed by atoms with Crippen LogP contribution in [0.1, 0.15) is 17.3 Å². The van der Waals surface area contributed by atoms with Crippen molar-refractivity contribution < 1.29 is 14.3 Å². The Morgan fingerprint density at radius 1 is 1.50 bits per heavy atom.